The summed E-state index contributed by atoms with van der Waals surface area (Å²) in [5, 5.41) is 30.5. The normalized spacial score (nSPS) is 23.4. The predicted octanol–water partition coefficient (Wildman–Crippen LogP) is 5.72. The van der Waals surface area contributed by atoms with Crippen molar-refractivity contribution in [3.05, 3.63) is 118 Å². The molecule has 0 aliphatic carbocycles. The van der Waals surface area contributed by atoms with Gasteiger partial charge in [-0.1, -0.05) is 72.8 Å². The number of halogens is 1. The van der Waals surface area contributed by atoms with Crippen LogP contribution < -0.4 is 4.90 Å². The Morgan fingerprint density at radius 2 is 1.80 bits per heavy atom. The lowest BCUT2D eigenvalue weighted by Gasteiger charge is -2.31. The molecule has 0 saturated carbocycles. The van der Waals surface area contributed by atoms with E-state index in [0.29, 0.717) is 29.9 Å². The number of aryl methyl sites for hydroxylation is 1. The summed E-state index contributed by atoms with van der Waals surface area (Å²) >= 11 is 0. The molecule has 0 bridgehead atoms. The minimum Gasteiger partial charge on any atom is -0.395 e. The first kappa shape index (κ1) is 30.7. The van der Waals surface area contributed by atoms with Crippen LogP contribution in [0.15, 0.2) is 85.1 Å². The van der Waals surface area contributed by atoms with Crippen LogP contribution >= 0.6 is 0 Å². The van der Waals surface area contributed by atoms with E-state index in [9.17, 15) is 20.0 Å². The number of nitro benzene ring substituents is 1. The van der Waals surface area contributed by atoms with Crippen LogP contribution in [-0.2, 0) is 28.2 Å². The van der Waals surface area contributed by atoms with E-state index in [0.717, 1.165) is 11.1 Å². The van der Waals surface area contributed by atoms with Gasteiger partial charge in [-0.2, -0.15) is 0 Å². The van der Waals surface area contributed by atoms with E-state index >= 15 is 4.11 Å². The summed E-state index contributed by atoms with van der Waals surface area (Å²) in [4.78, 5) is 27.4. The molecule has 0 radical (unpaired) electrons. The largest absolute Gasteiger partial charge is 0.395 e. The molecule has 45 heavy (non-hydrogen) atoms. The molecular weight excluding hydrogens is 593 g/mol. The highest BCUT2D eigenvalue weighted by Crippen LogP contribution is 2.60. The average Bonchev–Trinajstić information content (AvgIpc) is 3.68. The summed E-state index contributed by atoms with van der Waals surface area (Å²) in [6.07, 6.45) is 1.48. The van der Waals surface area contributed by atoms with E-state index < -0.39 is 36.5 Å². The first-order valence-electron chi connectivity index (χ1n) is 15.1. The Morgan fingerprint density at radius 1 is 1.11 bits per heavy atom. The van der Waals surface area contributed by atoms with Gasteiger partial charge in [-0.25, -0.2) is 0 Å². The second-order valence-electron chi connectivity index (χ2n) is 12.4. The van der Waals surface area contributed by atoms with Crippen molar-refractivity contribution in [2.75, 3.05) is 11.5 Å². The van der Waals surface area contributed by atoms with Crippen molar-refractivity contribution < 1.29 is 23.7 Å². The van der Waals surface area contributed by atoms with Crippen LogP contribution in [0.5, 0.6) is 0 Å². The van der Waals surface area contributed by atoms with Crippen molar-refractivity contribution >= 4 is 25.7 Å². The lowest BCUT2D eigenvalue weighted by Crippen LogP contribution is -2.45. The van der Waals surface area contributed by atoms with Crippen LogP contribution in [0.3, 0.4) is 0 Å². The van der Waals surface area contributed by atoms with Crippen molar-refractivity contribution in [2.45, 2.75) is 62.7 Å². The van der Waals surface area contributed by atoms with E-state index in [1.165, 1.54) is 12.1 Å². The van der Waals surface area contributed by atoms with Gasteiger partial charge in [0.2, 0.25) is 8.41 Å². The topological polar surface area (TPSA) is 124 Å². The molecule has 234 valence electrons. The van der Waals surface area contributed by atoms with Crippen molar-refractivity contribution in [3.63, 3.8) is 0 Å². The van der Waals surface area contributed by atoms with Gasteiger partial charge in [0, 0.05) is 41.9 Å². The van der Waals surface area contributed by atoms with E-state index in [-0.39, 0.29) is 30.7 Å². The van der Waals surface area contributed by atoms with Crippen LogP contribution in [0.25, 0.3) is 0 Å². The molecule has 5 atom stereocenters. The highest BCUT2D eigenvalue weighted by molar-refractivity contribution is 6.72. The fourth-order valence-corrected chi connectivity index (χ4v) is 9.78. The maximum Gasteiger partial charge on any atom is 0.269 e. The number of nitro groups is 1. The second kappa shape index (κ2) is 11.9. The highest BCUT2D eigenvalue weighted by atomic mass is 28.4. The molecule has 1 aromatic heterocycles. The standard InChI is InChI=1S/C33H36FN5O5Si/c1-22-31(45(2,3)34)30(16-17-37-20-28(35-36-37)26(21-40)24-12-8-5-9-13-24)44-33(22)27-18-25(39(42)43)14-15-29(27)38(32(33)41)19-23-10-6-4-7-11-23/h4-15,18,20,22,26,30-31,40H,16-17,19,21H2,1-3H3/t22-,26?,30+,31-,33+/m1/s1. The predicted molar refractivity (Wildman–Crippen MR) is 169 cm³/mol. The molecule has 4 aromatic rings. The van der Waals surface area contributed by atoms with Gasteiger partial charge in [0.05, 0.1) is 41.5 Å². The van der Waals surface area contributed by atoms with Gasteiger partial charge in [-0.15, -0.1) is 5.10 Å². The number of amides is 1. The minimum atomic E-state index is -3.43. The Kier molecular flexibility index (Phi) is 8.14. The van der Waals surface area contributed by atoms with Crippen LogP contribution in [0.2, 0.25) is 18.6 Å². The maximum atomic E-state index is 16.2. The Hall–Kier alpha value is -4.26. The Bertz CT molecular complexity index is 1700. The number of nitrogens with zero attached hydrogens (tertiary/aromatic N) is 5. The fourth-order valence-electron chi connectivity index (χ4n) is 7.24. The molecule has 3 aromatic carbocycles. The van der Waals surface area contributed by atoms with Gasteiger partial charge in [0.25, 0.3) is 11.6 Å². The molecule has 1 spiro atoms. The zero-order valence-corrected chi connectivity index (χ0v) is 26.4. The van der Waals surface area contributed by atoms with Crippen molar-refractivity contribution in [3.8, 4) is 0 Å². The number of aliphatic hydroxyl groups excluding tert-OH is 1. The lowest BCUT2D eigenvalue weighted by atomic mass is 9.82. The molecule has 10 nitrogen and oxygen atoms in total. The number of anilines is 1. The third-order valence-corrected chi connectivity index (χ3v) is 11.7. The molecule has 1 amide bonds. The van der Waals surface area contributed by atoms with Gasteiger partial charge < -0.3 is 18.9 Å². The molecule has 6 rings (SSSR count). The Labute approximate surface area is 261 Å². The first-order valence-corrected chi connectivity index (χ1v) is 18.1. The highest BCUT2D eigenvalue weighted by Gasteiger charge is 2.66. The summed E-state index contributed by atoms with van der Waals surface area (Å²) in [5.41, 5.74) is 1.09. The zero-order chi connectivity index (χ0) is 31.9. The van der Waals surface area contributed by atoms with E-state index in [1.807, 2.05) is 67.6 Å². The van der Waals surface area contributed by atoms with Gasteiger partial charge in [0.15, 0.2) is 5.60 Å². The van der Waals surface area contributed by atoms with Crippen molar-refractivity contribution in [2.24, 2.45) is 5.92 Å². The first-order chi connectivity index (χ1) is 21.5. The number of non-ortho nitro benzene ring substituents is 1. The monoisotopic (exact) mass is 629 g/mol. The molecule has 1 N–H and O–H groups in total. The summed E-state index contributed by atoms with van der Waals surface area (Å²) < 4.78 is 24.6. The minimum absolute atomic E-state index is 0.134. The SMILES string of the molecule is C[C@@H]1[C@@H]([Si](C)(C)F)[C@H](CCn2cc(C(CO)c3ccccc3)nn2)O[C@@]12C(=O)N(Cc1ccccc1)c1ccc([N+](=O)[O-])cc12. The number of fused-ring (bicyclic) bond motifs is 2. The Morgan fingerprint density at radius 3 is 2.44 bits per heavy atom. The summed E-state index contributed by atoms with van der Waals surface area (Å²) in [5.74, 6) is -1.25. The van der Waals surface area contributed by atoms with Crippen LogP contribution in [-0.4, -0.2) is 52.0 Å². The van der Waals surface area contributed by atoms with E-state index in [1.54, 1.807) is 34.9 Å². The molecule has 2 aliphatic heterocycles. The third-order valence-electron chi connectivity index (χ3n) is 9.28. The molecule has 1 fully saturated rings. The number of carbonyl (C=O) groups excluding carboxylic acids is 1. The number of carbonyl (C=O) groups is 1. The summed E-state index contributed by atoms with van der Waals surface area (Å²) in [6, 6.07) is 23.5. The Balaban J connectivity index is 1.33. The number of benzene rings is 3. The fraction of sp³-hybridized carbons (Fsp3) is 0.364. The molecule has 3 heterocycles. The number of hydrogen-bond acceptors (Lipinski definition) is 7. The summed E-state index contributed by atoms with van der Waals surface area (Å²) in [6.45, 7) is 5.55. The van der Waals surface area contributed by atoms with Crippen LogP contribution in [0.4, 0.5) is 15.5 Å². The molecule has 1 saturated heterocycles. The molecule has 2 aliphatic rings. The zero-order valence-electron chi connectivity index (χ0n) is 25.4. The molecule has 1 unspecified atom stereocenters. The lowest BCUT2D eigenvalue weighted by molar-refractivity contribution is -0.385. The smallest absolute Gasteiger partial charge is 0.269 e. The van der Waals surface area contributed by atoms with Gasteiger partial charge in [-0.05, 0) is 36.7 Å². The number of aromatic nitrogens is 3. The van der Waals surface area contributed by atoms with E-state index in [4.69, 9.17) is 4.74 Å². The van der Waals surface area contributed by atoms with Crippen molar-refractivity contribution in [1.29, 1.82) is 0 Å². The number of rotatable bonds is 10. The quantitative estimate of drug-likeness (QED) is 0.103. The number of aliphatic hydroxyl groups is 1. The third kappa shape index (κ3) is 5.47. The van der Waals surface area contributed by atoms with Gasteiger partial charge in [0.1, 0.15) is 0 Å². The van der Waals surface area contributed by atoms with Crippen LogP contribution in [0, 0.1) is 16.0 Å². The average molecular weight is 630 g/mol. The van der Waals surface area contributed by atoms with Crippen LogP contribution in [0.1, 0.15) is 41.6 Å². The maximum absolute atomic E-state index is 16.2. The van der Waals surface area contributed by atoms with Crippen molar-refractivity contribution in [1.82, 2.24) is 15.0 Å². The summed E-state index contributed by atoms with van der Waals surface area (Å²) in [7, 11) is -3.43. The van der Waals surface area contributed by atoms with E-state index in [2.05, 4.69) is 10.3 Å². The second-order valence-corrected chi connectivity index (χ2v) is 16.2. The van der Waals surface area contributed by atoms with Gasteiger partial charge in [-0.3, -0.25) is 19.6 Å². The number of ether oxygens (including phenoxy) is 1. The molecule has 12 heteroatoms. The molecular formula is C33H36FN5O5Si. The van der Waals surface area contributed by atoms with Gasteiger partial charge >= 0.3 is 0 Å². The number of hydrogen-bond donors (Lipinski definition) is 1.